The number of benzene rings is 2. The zero-order valence-electron chi connectivity index (χ0n) is 10.9. The van der Waals surface area contributed by atoms with Crippen molar-refractivity contribution >= 4 is 5.78 Å². The number of Topliss-reactive ketones (excluding diaryl/α,β-unsaturated/α-hetero) is 1. The zero-order valence-corrected chi connectivity index (χ0v) is 10.9. The molecule has 1 atom stereocenters. The Morgan fingerprint density at radius 3 is 2.21 bits per heavy atom. The van der Waals surface area contributed by atoms with Crippen LogP contribution in [0.2, 0.25) is 0 Å². The summed E-state index contributed by atoms with van der Waals surface area (Å²) in [5.41, 5.74) is 4.64. The molecule has 2 aromatic rings. The first-order valence-corrected chi connectivity index (χ1v) is 6.23. The molecule has 2 aromatic carbocycles. The summed E-state index contributed by atoms with van der Waals surface area (Å²) in [5.74, 6) is 0.0963. The van der Waals surface area contributed by atoms with Gasteiger partial charge in [0.1, 0.15) is 0 Å². The van der Waals surface area contributed by atoms with Gasteiger partial charge < -0.3 is 4.84 Å². The van der Waals surface area contributed by atoms with Gasteiger partial charge in [-0.1, -0.05) is 60.7 Å². The summed E-state index contributed by atoms with van der Waals surface area (Å²) in [6.45, 7) is 0. The minimum absolute atomic E-state index is 0.0963. The van der Waals surface area contributed by atoms with Crippen LogP contribution in [-0.2, 0) is 4.84 Å². The lowest BCUT2D eigenvalue weighted by atomic mass is 9.99. The summed E-state index contributed by atoms with van der Waals surface area (Å²) in [6, 6.07) is 19.0. The Morgan fingerprint density at radius 2 is 1.63 bits per heavy atom. The average Bonchev–Trinajstić information content (AvgIpc) is 2.48. The Bertz CT molecular complexity index is 511. The van der Waals surface area contributed by atoms with E-state index in [0.717, 1.165) is 11.1 Å². The first-order chi connectivity index (χ1) is 9.31. The van der Waals surface area contributed by atoms with Crippen molar-refractivity contribution in [1.82, 2.24) is 5.48 Å². The van der Waals surface area contributed by atoms with E-state index in [4.69, 9.17) is 4.84 Å². The third-order valence-corrected chi connectivity index (χ3v) is 2.95. The molecule has 3 nitrogen and oxygen atoms in total. The molecule has 0 heterocycles. The Labute approximate surface area is 113 Å². The van der Waals surface area contributed by atoms with Crippen molar-refractivity contribution in [2.45, 2.75) is 12.5 Å². The van der Waals surface area contributed by atoms with Gasteiger partial charge in [0, 0.05) is 12.0 Å². The van der Waals surface area contributed by atoms with E-state index in [1.165, 1.54) is 0 Å². The monoisotopic (exact) mass is 255 g/mol. The van der Waals surface area contributed by atoms with E-state index >= 15 is 0 Å². The summed E-state index contributed by atoms with van der Waals surface area (Å²) < 4.78 is 0. The molecule has 0 aliphatic carbocycles. The van der Waals surface area contributed by atoms with Gasteiger partial charge in [0.05, 0.1) is 13.2 Å². The molecule has 0 radical (unpaired) electrons. The minimum atomic E-state index is -0.140. The summed E-state index contributed by atoms with van der Waals surface area (Å²) in [7, 11) is 1.56. The maximum absolute atomic E-state index is 12.2. The lowest BCUT2D eigenvalue weighted by Gasteiger charge is -2.17. The van der Waals surface area contributed by atoms with Crippen molar-refractivity contribution in [1.29, 1.82) is 0 Å². The van der Waals surface area contributed by atoms with Crippen molar-refractivity contribution in [2.24, 2.45) is 0 Å². The molecule has 19 heavy (non-hydrogen) atoms. The normalized spacial score (nSPS) is 12.1. The summed E-state index contributed by atoms with van der Waals surface area (Å²) >= 11 is 0. The number of rotatable bonds is 6. The standard InChI is InChI=1S/C16H17NO2/c1-19-17-15(13-8-4-2-5-9-13)12-16(18)14-10-6-3-7-11-14/h2-11,15,17H,12H2,1H3/t15-/m0/s1. The lowest BCUT2D eigenvalue weighted by molar-refractivity contribution is 0.0545. The molecule has 1 N–H and O–H groups in total. The van der Waals surface area contributed by atoms with Crippen LogP contribution in [0.4, 0.5) is 0 Å². The van der Waals surface area contributed by atoms with Gasteiger partial charge >= 0.3 is 0 Å². The predicted molar refractivity (Wildman–Crippen MR) is 74.7 cm³/mol. The van der Waals surface area contributed by atoms with Crippen LogP contribution in [0.5, 0.6) is 0 Å². The molecule has 0 amide bonds. The van der Waals surface area contributed by atoms with Gasteiger partial charge in [-0.05, 0) is 5.56 Å². The molecule has 98 valence electrons. The summed E-state index contributed by atoms with van der Waals surface area (Å²) in [5, 5.41) is 0. The minimum Gasteiger partial charge on any atom is -0.305 e. The number of hydroxylamine groups is 1. The Balaban J connectivity index is 2.11. The fourth-order valence-corrected chi connectivity index (χ4v) is 1.98. The van der Waals surface area contributed by atoms with Gasteiger partial charge in [-0.15, -0.1) is 0 Å². The Kier molecular flexibility index (Phi) is 4.84. The second-order valence-corrected chi connectivity index (χ2v) is 4.28. The van der Waals surface area contributed by atoms with Crippen LogP contribution in [0.15, 0.2) is 60.7 Å². The number of hydrogen-bond acceptors (Lipinski definition) is 3. The second-order valence-electron chi connectivity index (χ2n) is 4.28. The molecule has 0 aliphatic heterocycles. The highest BCUT2D eigenvalue weighted by atomic mass is 16.6. The average molecular weight is 255 g/mol. The maximum Gasteiger partial charge on any atom is 0.164 e. The smallest absolute Gasteiger partial charge is 0.164 e. The van der Waals surface area contributed by atoms with Gasteiger partial charge in [-0.25, -0.2) is 0 Å². The highest BCUT2D eigenvalue weighted by molar-refractivity contribution is 5.96. The molecule has 0 saturated heterocycles. The van der Waals surface area contributed by atoms with Crippen molar-refractivity contribution < 1.29 is 9.63 Å². The number of carbonyl (C=O) groups excluding carboxylic acids is 1. The van der Waals surface area contributed by atoms with E-state index in [9.17, 15) is 4.79 Å². The molecule has 0 bridgehead atoms. The SMILES string of the molecule is CON[C@@H](CC(=O)c1ccccc1)c1ccccc1. The van der Waals surface area contributed by atoms with E-state index in [-0.39, 0.29) is 11.8 Å². The van der Waals surface area contributed by atoms with Crippen molar-refractivity contribution in [3.8, 4) is 0 Å². The van der Waals surface area contributed by atoms with Gasteiger partial charge in [0.25, 0.3) is 0 Å². The highest BCUT2D eigenvalue weighted by Gasteiger charge is 2.16. The van der Waals surface area contributed by atoms with E-state index in [2.05, 4.69) is 5.48 Å². The van der Waals surface area contributed by atoms with Crippen molar-refractivity contribution in [3.05, 3.63) is 71.8 Å². The molecule has 0 spiro atoms. The molecule has 0 fully saturated rings. The lowest BCUT2D eigenvalue weighted by Crippen LogP contribution is -2.23. The Hall–Kier alpha value is -1.97. The molecular weight excluding hydrogens is 238 g/mol. The third kappa shape index (κ3) is 3.74. The van der Waals surface area contributed by atoms with Crippen LogP contribution in [0, 0.1) is 0 Å². The van der Waals surface area contributed by atoms with Crippen molar-refractivity contribution in [2.75, 3.05) is 7.11 Å². The largest absolute Gasteiger partial charge is 0.305 e. The summed E-state index contributed by atoms with van der Waals surface area (Å²) in [6.07, 6.45) is 0.363. The topological polar surface area (TPSA) is 38.3 Å². The van der Waals surface area contributed by atoms with Gasteiger partial charge in [0.15, 0.2) is 5.78 Å². The van der Waals surface area contributed by atoms with E-state index in [0.29, 0.717) is 6.42 Å². The van der Waals surface area contributed by atoms with Crippen LogP contribution in [-0.4, -0.2) is 12.9 Å². The molecule has 0 aliphatic rings. The van der Waals surface area contributed by atoms with Crippen molar-refractivity contribution in [3.63, 3.8) is 0 Å². The fraction of sp³-hybridized carbons (Fsp3) is 0.188. The molecule has 0 aromatic heterocycles. The zero-order chi connectivity index (χ0) is 13.5. The number of ketones is 1. The van der Waals surface area contributed by atoms with Crippen LogP contribution in [0.1, 0.15) is 28.4 Å². The third-order valence-electron chi connectivity index (χ3n) is 2.95. The highest BCUT2D eigenvalue weighted by Crippen LogP contribution is 2.19. The van der Waals surface area contributed by atoms with E-state index in [1.54, 1.807) is 7.11 Å². The molecule has 2 rings (SSSR count). The van der Waals surface area contributed by atoms with Gasteiger partial charge in [0.2, 0.25) is 0 Å². The van der Waals surface area contributed by atoms with Gasteiger partial charge in [-0.2, -0.15) is 5.48 Å². The molecular formula is C16H17NO2. The van der Waals surface area contributed by atoms with E-state index < -0.39 is 0 Å². The van der Waals surface area contributed by atoms with Crippen LogP contribution in [0.3, 0.4) is 0 Å². The van der Waals surface area contributed by atoms with Crippen LogP contribution >= 0.6 is 0 Å². The number of nitrogens with one attached hydrogen (secondary N) is 1. The van der Waals surface area contributed by atoms with Crippen LogP contribution < -0.4 is 5.48 Å². The first-order valence-electron chi connectivity index (χ1n) is 6.23. The Morgan fingerprint density at radius 1 is 1.05 bits per heavy atom. The van der Waals surface area contributed by atoms with Crippen LogP contribution in [0.25, 0.3) is 0 Å². The van der Waals surface area contributed by atoms with E-state index in [1.807, 2.05) is 60.7 Å². The first kappa shape index (κ1) is 13.5. The molecule has 3 heteroatoms. The number of hydrogen-bond donors (Lipinski definition) is 1. The maximum atomic E-state index is 12.2. The second kappa shape index (κ2) is 6.83. The predicted octanol–water partition coefficient (Wildman–Crippen LogP) is 3.15. The molecule has 0 saturated carbocycles. The fourth-order valence-electron chi connectivity index (χ4n) is 1.98. The molecule has 0 unspecified atom stereocenters. The van der Waals surface area contributed by atoms with Gasteiger partial charge in [-0.3, -0.25) is 4.79 Å². The number of carbonyl (C=O) groups is 1. The summed E-state index contributed by atoms with van der Waals surface area (Å²) in [4.78, 5) is 17.2. The quantitative estimate of drug-likeness (QED) is 0.636.